The molecule has 2 aromatic rings. The summed E-state index contributed by atoms with van der Waals surface area (Å²) in [4.78, 5) is 2.14. The number of hydrogen-bond donors (Lipinski definition) is 1. The molecule has 0 heterocycles. The SMILES string of the molecule is CCOc1cc(CNCCN(C)C)c(Cl)cc1OCc1cccc(C)c1. The van der Waals surface area contributed by atoms with Gasteiger partial charge in [0, 0.05) is 30.7 Å². The third-order valence-corrected chi connectivity index (χ3v) is 4.29. The lowest BCUT2D eigenvalue weighted by molar-refractivity contribution is 0.269. The van der Waals surface area contributed by atoms with E-state index in [1.807, 2.05) is 25.1 Å². The van der Waals surface area contributed by atoms with Crippen LogP contribution in [0, 0.1) is 6.92 Å². The highest BCUT2D eigenvalue weighted by Crippen LogP contribution is 2.34. The second kappa shape index (κ2) is 10.4. The average molecular weight is 377 g/mol. The summed E-state index contributed by atoms with van der Waals surface area (Å²) in [5.74, 6) is 1.41. The van der Waals surface area contributed by atoms with Gasteiger partial charge in [0.15, 0.2) is 11.5 Å². The van der Waals surface area contributed by atoms with Crippen molar-refractivity contribution in [2.45, 2.75) is 27.0 Å². The molecule has 0 atom stereocenters. The van der Waals surface area contributed by atoms with E-state index in [0.29, 0.717) is 30.5 Å². The van der Waals surface area contributed by atoms with Crippen LogP contribution in [0.2, 0.25) is 5.02 Å². The number of halogens is 1. The van der Waals surface area contributed by atoms with E-state index < -0.39 is 0 Å². The van der Waals surface area contributed by atoms with Gasteiger partial charge in [0.25, 0.3) is 0 Å². The van der Waals surface area contributed by atoms with Gasteiger partial charge >= 0.3 is 0 Å². The van der Waals surface area contributed by atoms with Crippen LogP contribution >= 0.6 is 11.6 Å². The molecule has 0 spiro atoms. The quantitative estimate of drug-likeness (QED) is 0.627. The summed E-state index contributed by atoms with van der Waals surface area (Å²) in [7, 11) is 4.12. The topological polar surface area (TPSA) is 33.7 Å². The average Bonchev–Trinajstić information content (AvgIpc) is 2.59. The Balaban J connectivity index is 2.06. The zero-order valence-corrected chi connectivity index (χ0v) is 16.9. The van der Waals surface area contributed by atoms with E-state index >= 15 is 0 Å². The Morgan fingerprint density at radius 3 is 2.54 bits per heavy atom. The van der Waals surface area contributed by atoms with Crippen molar-refractivity contribution < 1.29 is 9.47 Å². The first-order valence-electron chi connectivity index (χ1n) is 8.98. The predicted octanol–water partition coefficient (Wildman–Crippen LogP) is 4.28. The third kappa shape index (κ3) is 6.52. The number of ether oxygens (including phenoxy) is 2. The summed E-state index contributed by atoms with van der Waals surface area (Å²) in [6.07, 6.45) is 0. The van der Waals surface area contributed by atoms with E-state index in [1.165, 1.54) is 5.56 Å². The Labute approximate surface area is 162 Å². The van der Waals surface area contributed by atoms with E-state index in [4.69, 9.17) is 21.1 Å². The molecule has 4 nitrogen and oxygen atoms in total. The maximum absolute atomic E-state index is 6.46. The minimum absolute atomic E-state index is 0.485. The van der Waals surface area contributed by atoms with Crippen molar-refractivity contribution in [2.75, 3.05) is 33.8 Å². The van der Waals surface area contributed by atoms with Gasteiger partial charge in [-0.25, -0.2) is 0 Å². The molecule has 0 radical (unpaired) electrons. The first-order chi connectivity index (χ1) is 12.5. The van der Waals surface area contributed by atoms with Crippen LogP contribution < -0.4 is 14.8 Å². The number of rotatable bonds is 10. The van der Waals surface area contributed by atoms with Crippen molar-refractivity contribution in [3.8, 4) is 11.5 Å². The third-order valence-electron chi connectivity index (χ3n) is 3.94. The number of nitrogens with one attached hydrogen (secondary N) is 1. The summed E-state index contributed by atoms with van der Waals surface area (Å²) in [6.45, 7) is 7.68. The highest BCUT2D eigenvalue weighted by molar-refractivity contribution is 6.31. The Kier molecular flexibility index (Phi) is 8.23. The molecule has 0 bridgehead atoms. The van der Waals surface area contributed by atoms with Crippen molar-refractivity contribution in [2.24, 2.45) is 0 Å². The normalized spacial score (nSPS) is 11.0. The van der Waals surface area contributed by atoms with Crippen molar-refractivity contribution in [3.05, 3.63) is 58.1 Å². The fourth-order valence-electron chi connectivity index (χ4n) is 2.58. The molecular weight excluding hydrogens is 348 g/mol. The smallest absolute Gasteiger partial charge is 0.163 e. The Morgan fingerprint density at radius 1 is 1.08 bits per heavy atom. The fourth-order valence-corrected chi connectivity index (χ4v) is 2.80. The zero-order valence-electron chi connectivity index (χ0n) is 16.1. The highest BCUT2D eigenvalue weighted by Gasteiger charge is 2.11. The molecule has 26 heavy (non-hydrogen) atoms. The molecule has 0 aliphatic rings. The molecule has 0 amide bonds. The van der Waals surface area contributed by atoms with Gasteiger partial charge in [0.1, 0.15) is 6.61 Å². The van der Waals surface area contributed by atoms with Crippen LogP contribution in [0.4, 0.5) is 0 Å². The molecule has 0 fully saturated rings. The summed E-state index contributed by atoms with van der Waals surface area (Å²) in [5.41, 5.74) is 3.35. The van der Waals surface area contributed by atoms with Crippen molar-refractivity contribution in [1.29, 1.82) is 0 Å². The molecule has 0 aromatic heterocycles. The predicted molar refractivity (Wildman–Crippen MR) is 108 cm³/mol. The van der Waals surface area contributed by atoms with Gasteiger partial charge < -0.3 is 19.7 Å². The molecule has 0 saturated heterocycles. The standard InChI is InChI=1S/C21H29ClN2O2/c1-5-25-20-12-18(14-23-9-10-24(3)4)19(22)13-21(20)26-15-17-8-6-7-16(2)11-17/h6-8,11-13,23H,5,9-10,14-15H2,1-4H3. The zero-order chi connectivity index (χ0) is 18.9. The molecule has 2 aromatic carbocycles. The van der Waals surface area contributed by atoms with Crippen LogP contribution in [0.5, 0.6) is 11.5 Å². The first-order valence-corrected chi connectivity index (χ1v) is 9.36. The summed E-state index contributed by atoms with van der Waals surface area (Å²) >= 11 is 6.46. The van der Waals surface area contributed by atoms with E-state index in [9.17, 15) is 0 Å². The minimum atomic E-state index is 0.485. The van der Waals surface area contributed by atoms with Gasteiger partial charge in [-0.15, -0.1) is 0 Å². The van der Waals surface area contributed by atoms with Gasteiger partial charge in [-0.05, 0) is 45.1 Å². The molecule has 5 heteroatoms. The van der Waals surface area contributed by atoms with Crippen LogP contribution in [0.15, 0.2) is 36.4 Å². The van der Waals surface area contributed by atoms with Crippen LogP contribution in [0.1, 0.15) is 23.6 Å². The minimum Gasteiger partial charge on any atom is -0.490 e. The molecular formula is C21H29ClN2O2. The Hall–Kier alpha value is -1.75. The molecule has 0 aliphatic carbocycles. The molecule has 1 N–H and O–H groups in total. The van der Waals surface area contributed by atoms with Crippen LogP contribution in [-0.2, 0) is 13.2 Å². The molecule has 0 unspecified atom stereocenters. The highest BCUT2D eigenvalue weighted by atomic mass is 35.5. The Morgan fingerprint density at radius 2 is 1.85 bits per heavy atom. The van der Waals surface area contributed by atoms with Crippen molar-refractivity contribution in [3.63, 3.8) is 0 Å². The number of nitrogens with zero attached hydrogens (tertiary/aromatic N) is 1. The van der Waals surface area contributed by atoms with Gasteiger partial charge in [-0.1, -0.05) is 41.4 Å². The Bertz CT molecular complexity index is 704. The lowest BCUT2D eigenvalue weighted by Gasteiger charge is -2.16. The van der Waals surface area contributed by atoms with Crippen LogP contribution in [-0.4, -0.2) is 38.7 Å². The van der Waals surface area contributed by atoms with Crippen LogP contribution in [0.3, 0.4) is 0 Å². The first kappa shape index (κ1) is 20.6. The second-order valence-corrected chi connectivity index (χ2v) is 6.99. The van der Waals surface area contributed by atoms with Crippen molar-refractivity contribution >= 4 is 11.6 Å². The number of likely N-dealkylation sites (N-methyl/N-ethyl adjacent to an activating group) is 1. The maximum atomic E-state index is 6.46. The van der Waals surface area contributed by atoms with Gasteiger partial charge in [0.2, 0.25) is 0 Å². The second-order valence-electron chi connectivity index (χ2n) is 6.58. The number of benzene rings is 2. The van der Waals surface area contributed by atoms with Gasteiger partial charge in [0.05, 0.1) is 6.61 Å². The monoisotopic (exact) mass is 376 g/mol. The molecule has 0 saturated carbocycles. The van der Waals surface area contributed by atoms with Crippen LogP contribution in [0.25, 0.3) is 0 Å². The van der Waals surface area contributed by atoms with Crippen molar-refractivity contribution in [1.82, 2.24) is 10.2 Å². The largest absolute Gasteiger partial charge is 0.490 e. The molecule has 2 rings (SSSR count). The lowest BCUT2D eigenvalue weighted by atomic mass is 10.1. The summed E-state index contributed by atoms with van der Waals surface area (Å²) in [6, 6.07) is 12.1. The van der Waals surface area contributed by atoms with Gasteiger partial charge in [-0.3, -0.25) is 0 Å². The summed E-state index contributed by atoms with van der Waals surface area (Å²) < 4.78 is 11.8. The van der Waals surface area contributed by atoms with E-state index in [1.54, 1.807) is 0 Å². The fraction of sp³-hybridized carbons (Fsp3) is 0.429. The molecule has 142 valence electrons. The summed E-state index contributed by atoms with van der Waals surface area (Å²) in [5, 5.41) is 4.09. The van der Waals surface area contributed by atoms with E-state index in [0.717, 1.165) is 30.0 Å². The molecule has 0 aliphatic heterocycles. The lowest BCUT2D eigenvalue weighted by Crippen LogP contribution is -2.26. The maximum Gasteiger partial charge on any atom is 0.163 e. The number of hydrogen-bond acceptors (Lipinski definition) is 4. The van der Waals surface area contributed by atoms with E-state index in [2.05, 4.69) is 49.4 Å². The number of aryl methyl sites for hydroxylation is 1. The van der Waals surface area contributed by atoms with Gasteiger partial charge in [-0.2, -0.15) is 0 Å². The van der Waals surface area contributed by atoms with E-state index in [-0.39, 0.29) is 0 Å².